The number of carbonyl (C=O) groups excluding carboxylic acids is 3. The molecule has 0 spiro atoms. The Bertz CT molecular complexity index is 1130. The molecule has 4 atom stereocenters. The number of benzene rings is 2. The average molecular weight is 535 g/mol. The van der Waals surface area contributed by atoms with Crippen LogP contribution in [0.2, 0.25) is 0 Å². The second-order valence-corrected chi connectivity index (χ2v) is 11.1. The van der Waals surface area contributed by atoms with Crippen LogP contribution in [0, 0.1) is 11.8 Å². The average Bonchev–Trinajstić information content (AvgIpc) is 2.89. The molecule has 0 fully saturated rings. The summed E-state index contributed by atoms with van der Waals surface area (Å²) < 4.78 is 6.35. The second-order valence-electron chi connectivity index (χ2n) is 11.1. The largest absolute Gasteiger partial charge is 0.487 e. The van der Waals surface area contributed by atoms with E-state index in [9.17, 15) is 14.4 Å². The smallest absolute Gasteiger partial charge is 0.247 e. The Morgan fingerprint density at radius 3 is 2.23 bits per heavy atom. The predicted molar refractivity (Wildman–Crippen MR) is 154 cm³/mol. The molecule has 4 rings (SSSR count). The van der Waals surface area contributed by atoms with Crippen molar-refractivity contribution in [1.82, 2.24) is 20.9 Å². The minimum absolute atomic E-state index is 0.127. The highest BCUT2D eigenvalue weighted by molar-refractivity contribution is 5.94. The number of amides is 3. The number of likely N-dealkylation sites (N-methyl/N-ethyl adjacent to an activating group) is 1. The number of fused-ring (bicyclic) bond motifs is 10. The molecule has 2 aromatic carbocycles. The normalized spacial score (nSPS) is 21.6. The zero-order valence-corrected chi connectivity index (χ0v) is 23.8. The van der Waals surface area contributed by atoms with Crippen molar-refractivity contribution in [3.63, 3.8) is 0 Å². The van der Waals surface area contributed by atoms with Crippen LogP contribution in [-0.2, 0) is 20.8 Å². The third-order valence-electron chi connectivity index (χ3n) is 6.76. The lowest BCUT2D eigenvalue weighted by molar-refractivity contribution is -0.136. The van der Waals surface area contributed by atoms with E-state index in [1.807, 2.05) is 101 Å². The number of ether oxygens (including phenoxy) is 1. The molecule has 8 heteroatoms. The summed E-state index contributed by atoms with van der Waals surface area (Å²) in [5.41, 5.74) is 1.91. The van der Waals surface area contributed by atoms with Crippen LogP contribution in [-0.4, -0.2) is 60.9 Å². The quantitative estimate of drug-likeness (QED) is 0.482. The third-order valence-corrected chi connectivity index (χ3v) is 6.76. The van der Waals surface area contributed by atoms with Gasteiger partial charge in [-0.15, -0.1) is 0 Å². The highest BCUT2D eigenvalue weighted by Gasteiger charge is 2.38. The molecule has 0 radical (unpaired) electrons. The summed E-state index contributed by atoms with van der Waals surface area (Å²) in [5, 5.41) is 8.70. The predicted octanol–water partition coefficient (Wildman–Crippen LogP) is 3.38. The Morgan fingerprint density at radius 2 is 1.64 bits per heavy atom. The van der Waals surface area contributed by atoms with Gasteiger partial charge in [0.2, 0.25) is 17.7 Å². The fourth-order valence-corrected chi connectivity index (χ4v) is 4.58. The minimum Gasteiger partial charge on any atom is -0.487 e. The van der Waals surface area contributed by atoms with Gasteiger partial charge in [-0.2, -0.15) is 0 Å². The van der Waals surface area contributed by atoms with Crippen molar-refractivity contribution in [2.75, 3.05) is 14.1 Å². The molecule has 2 aliphatic rings. The standard InChI is InChI=1S/C31H42N4O4/c1-20(2)18-25-29(36)32-17-16-22-12-14-24(15-13-22)39-28(21(3)4)27(31(38)33-25)34-30(37)26(35(5)6)19-23-10-8-7-9-11-23/h7-17,20-21,25-28H,18-19H2,1-6H3,(H,32,36)(H,33,38)(H,34,37)/b17-16-. The van der Waals surface area contributed by atoms with E-state index in [2.05, 4.69) is 16.0 Å². The van der Waals surface area contributed by atoms with Crippen LogP contribution in [0.25, 0.3) is 6.08 Å². The van der Waals surface area contributed by atoms with Gasteiger partial charge in [0.1, 0.15) is 23.9 Å². The molecule has 0 saturated heterocycles. The minimum atomic E-state index is -1.03. The van der Waals surface area contributed by atoms with E-state index in [4.69, 9.17) is 4.74 Å². The van der Waals surface area contributed by atoms with Gasteiger partial charge < -0.3 is 20.7 Å². The van der Waals surface area contributed by atoms with Gasteiger partial charge in [0, 0.05) is 6.20 Å². The van der Waals surface area contributed by atoms with E-state index < -0.39 is 30.1 Å². The van der Waals surface area contributed by atoms with Crippen molar-refractivity contribution < 1.29 is 19.1 Å². The van der Waals surface area contributed by atoms with Gasteiger partial charge in [0.25, 0.3) is 0 Å². The number of carbonyl (C=O) groups is 3. The highest BCUT2D eigenvalue weighted by Crippen LogP contribution is 2.21. The molecular formula is C31H42N4O4. The highest BCUT2D eigenvalue weighted by atomic mass is 16.5. The summed E-state index contributed by atoms with van der Waals surface area (Å²) in [7, 11) is 3.69. The molecule has 2 heterocycles. The molecule has 3 amide bonds. The van der Waals surface area contributed by atoms with Gasteiger partial charge in [-0.3, -0.25) is 19.3 Å². The van der Waals surface area contributed by atoms with Crippen LogP contribution >= 0.6 is 0 Å². The zero-order valence-electron chi connectivity index (χ0n) is 23.8. The first-order valence-electron chi connectivity index (χ1n) is 13.6. The lowest BCUT2D eigenvalue weighted by atomic mass is 9.96. The third kappa shape index (κ3) is 8.68. The summed E-state index contributed by atoms with van der Waals surface area (Å²) in [5.74, 6) is -0.446. The van der Waals surface area contributed by atoms with Crippen LogP contribution in [0.4, 0.5) is 0 Å². The molecular weight excluding hydrogens is 492 g/mol. The summed E-state index contributed by atoms with van der Waals surface area (Å²) in [4.78, 5) is 42.5. The van der Waals surface area contributed by atoms with E-state index in [1.54, 1.807) is 12.3 Å². The molecule has 2 bridgehead atoms. The number of rotatable bonds is 8. The van der Waals surface area contributed by atoms with Crippen LogP contribution < -0.4 is 20.7 Å². The maximum absolute atomic E-state index is 13.9. The maximum atomic E-state index is 13.9. The summed E-state index contributed by atoms with van der Waals surface area (Å²) in [6.45, 7) is 7.88. The monoisotopic (exact) mass is 534 g/mol. The van der Waals surface area contributed by atoms with Crippen molar-refractivity contribution in [3.05, 3.63) is 71.9 Å². The lowest BCUT2D eigenvalue weighted by Crippen LogP contribution is -2.62. The molecule has 39 heavy (non-hydrogen) atoms. The van der Waals surface area contributed by atoms with Crippen LogP contribution in [0.1, 0.15) is 45.2 Å². The van der Waals surface area contributed by atoms with Gasteiger partial charge in [-0.1, -0.05) is 70.2 Å². The van der Waals surface area contributed by atoms with Gasteiger partial charge in [0.05, 0.1) is 6.04 Å². The Balaban J connectivity index is 1.98. The number of nitrogens with one attached hydrogen (secondary N) is 3. The molecule has 0 aromatic heterocycles. The zero-order chi connectivity index (χ0) is 28.5. The first-order chi connectivity index (χ1) is 18.5. The van der Waals surface area contributed by atoms with Gasteiger partial charge in [-0.05, 0) is 68.1 Å². The van der Waals surface area contributed by atoms with Gasteiger partial charge in [0.15, 0.2) is 0 Å². The first kappa shape index (κ1) is 29.9. The molecule has 8 nitrogen and oxygen atoms in total. The van der Waals surface area contributed by atoms with Crippen molar-refractivity contribution >= 4 is 23.8 Å². The number of hydrogen-bond acceptors (Lipinski definition) is 5. The van der Waals surface area contributed by atoms with Crippen molar-refractivity contribution in [1.29, 1.82) is 0 Å². The fraction of sp³-hybridized carbons (Fsp3) is 0.452. The lowest BCUT2D eigenvalue weighted by Gasteiger charge is -2.34. The number of nitrogens with zero attached hydrogens (tertiary/aromatic N) is 1. The molecule has 0 saturated carbocycles. The van der Waals surface area contributed by atoms with E-state index >= 15 is 0 Å². The molecule has 3 N–H and O–H groups in total. The van der Waals surface area contributed by atoms with E-state index in [1.165, 1.54) is 0 Å². The van der Waals surface area contributed by atoms with Crippen molar-refractivity contribution in [2.24, 2.45) is 11.8 Å². The van der Waals surface area contributed by atoms with E-state index in [-0.39, 0.29) is 23.7 Å². The Hall–Kier alpha value is -3.65. The van der Waals surface area contributed by atoms with Crippen molar-refractivity contribution in [3.8, 4) is 5.75 Å². The first-order valence-corrected chi connectivity index (χ1v) is 13.6. The molecule has 210 valence electrons. The molecule has 2 aliphatic heterocycles. The Morgan fingerprint density at radius 1 is 0.974 bits per heavy atom. The fourth-order valence-electron chi connectivity index (χ4n) is 4.58. The molecule has 2 aromatic rings. The SMILES string of the molecule is CC(C)CC1NC(=O)C(NC(=O)C(Cc2ccccc2)N(C)C)C(C(C)C)Oc2ccc(cc2)/C=C\NC1=O. The maximum Gasteiger partial charge on any atom is 0.247 e. The van der Waals surface area contributed by atoms with Gasteiger partial charge >= 0.3 is 0 Å². The van der Waals surface area contributed by atoms with E-state index in [0.29, 0.717) is 18.6 Å². The topological polar surface area (TPSA) is 99.8 Å². The molecule has 4 unspecified atom stereocenters. The number of hydrogen-bond donors (Lipinski definition) is 3. The van der Waals surface area contributed by atoms with Crippen LogP contribution in [0.3, 0.4) is 0 Å². The summed E-state index contributed by atoms with van der Waals surface area (Å²) >= 11 is 0. The van der Waals surface area contributed by atoms with Gasteiger partial charge in [-0.25, -0.2) is 0 Å². The van der Waals surface area contributed by atoms with E-state index in [0.717, 1.165) is 11.1 Å². The Labute approximate surface area is 232 Å². The second kappa shape index (κ2) is 13.9. The van der Waals surface area contributed by atoms with Crippen LogP contribution in [0.5, 0.6) is 5.75 Å². The summed E-state index contributed by atoms with van der Waals surface area (Å²) in [6, 6.07) is 14.8. The summed E-state index contributed by atoms with van der Waals surface area (Å²) in [6.07, 6.45) is 3.61. The molecule has 0 aliphatic carbocycles. The van der Waals surface area contributed by atoms with Crippen molar-refractivity contribution in [2.45, 2.75) is 64.8 Å². The van der Waals surface area contributed by atoms with Crippen LogP contribution in [0.15, 0.2) is 60.8 Å². The Kier molecular flexibility index (Phi) is 10.7.